The predicted molar refractivity (Wildman–Crippen MR) is 90.3 cm³/mol. The van der Waals surface area contributed by atoms with E-state index >= 15 is 0 Å². The molecule has 0 amide bonds. The summed E-state index contributed by atoms with van der Waals surface area (Å²) < 4.78 is 0. The number of nitrogens with two attached hydrogens (primary N) is 1. The maximum absolute atomic E-state index is 9.53. The Morgan fingerprint density at radius 3 is 1.80 bits per heavy atom. The summed E-state index contributed by atoms with van der Waals surface area (Å²) >= 11 is 0. The largest absolute Gasteiger partial charge is 0.506 e. The van der Waals surface area contributed by atoms with Gasteiger partial charge in [-0.2, -0.15) is 0 Å². The lowest BCUT2D eigenvalue weighted by molar-refractivity contribution is 0.473. The molecule has 0 aliphatic carbocycles. The fourth-order valence-corrected chi connectivity index (χ4v) is 2.12. The molecule has 0 heterocycles. The van der Waals surface area contributed by atoms with Crippen molar-refractivity contribution in [3.63, 3.8) is 0 Å². The summed E-state index contributed by atoms with van der Waals surface area (Å²) in [6.45, 7) is 13.0. The van der Waals surface area contributed by atoms with Gasteiger partial charge in [0.05, 0.1) is 5.69 Å². The van der Waals surface area contributed by atoms with E-state index in [1.807, 2.05) is 19.1 Å². The zero-order valence-electron chi connectivity index (χ0n) is 14.2. The number of nitrogen functional groups attached to an aromatic ring is 1. The van der Waals surface area contributed by atoms with Crippen LogP contribution in [0.3, 0.4) is 0 Å². The zero-order chi connectivity index (χ0) is 15.7. The second kappa shape index (κ2) is 9.68. The molecular weight excluding hydrogens is 246 g/mol. The monoisotopic (exact) mass is 279 g/mol. The third-order valence-corrected chi connectivity index (χ3v) is 4.20. The number of phenolic OH excluding ortho intramolecular Hbond substituents is 1. The van der Waals surface area contributed by atoms with Crippen LogP contribution in [0.1, 0.15) is 77.3 Å². The minimum atomic E-state index is 0.222. The SMILES string of the molecule is CCC(C)CC.CCC(CC)c1cc(C)c(O)c(N)c1. The summed E-state index contributed by atoms with van der Waals surface area (Å²) in [6, 6.07) is 3.92. The molecule has 0 unspecified atom stereocenters. The molecule has 1 aromatic carbocycles. The second-order valence-corrected chi connectivity index (χ2v) is 5.71. The van der Waals surface area contributed by atoms with Crippen LogP contribution in [0.25, 0.3) is 0 Å². The summed E-state index contributed by atoms with van der Waals surface area (Å²) in [7, 11) is 0. The first-order valence-electron chi connectivity index (χ1n) is 7.99. The number of rotatable bonds is 5. The van der Waals surface area contributed by atoms with Gasteiger partial charge in [0.1, 0.15) is 5.75 Å². The molecule has 2 heteroatoms. The molecule has 0 saturated carbocycles. The van der Waals surface area contributed by atoms with Crippen molar-refractivity contribution in [2.45, 2.75) is 73.1 Å². The van der Waals surface area contributed by atoms with Gasteiger partial charge in [-0.05, 0) is 48.8 Å². The second-order valence-electron chi connectivity index (χ2n) is 5.71. The van der Waals surface area contributed by atoms with Gasteiger partial charge in [-0.15, -0.1) is 0 Å². The van der Waals surface area contributed by atoms with Gasteiger partial charge >= 0.3 is 0 Å². The van der Waals surface area contributed by atoms with Crippen LogP contribution in [0.2, 0.25) is 0 Å². The lowest BCUT2D eigenvalue weighted by atomic mass is 9.92. The van der Waals surface area contributed by atoms with Gasteiger partial charge in [-0.3, -0.25) is 0 Å². The molecule has 0 spiro atoms. The number of benzene rings is 1. The highest BCUT2D eigenvalue weighted by atomic mass is 16.3. The molecule has 3 N–H and O–H groups in total. The highest BCUT2D eigenvalue weighted by molar-refractivity contribution is 5.58. The van der Waals surface area contributed by atoms with Crippen molar-refractivity contribution >= 4 is 5.69 Å². The predicted octanol–water partition coefficient (Wildman–Crippen LogP) is 5.63. The smallest absolute Gasteiger partial charge is 0.141 e. The summed E-state index contributed by atoms with van der Waals surface area (Å²) in [5.41, 5.74) is 8.32. The van der Waals surface area contributed by atoms with Crippen LogP contribution in [0, 0.1) is 12.8 Å². The Hall–Kier alpha value is -1.18. The first-order chi connectivity index (χ1) is 9.40. The Morgan fingerprint density at radius 2 is 1.50 bits per heavy atom. The quantitative estimate of drug-likeness (QED) is 0.542. The van der Waals surface area contributed by atoms with Crippen molar-refractivity contribution in [3.05, 3.63) is 23.3 Å². The number of aryl methyl sites for hydroxylation is 1. The molecule has 1 rings (SSSR count). The third-order valence-electron chi connectivity index (χ3n) is 4.20. The normalized spacial score (nSPS) is 10.6. The maximum Gasteiger partial charge on any atom is 0.141 e. The molecule has 1 aromatic rings. The number of hydrogen-bond donors (Lipinski definition) is 2. The minimum Gasteiger partial charge on any atom is -0.506 e. The van der Waals surface area contributed by atoms with E-state index in [1.165, 1.54) is 18.4 Å². The van der Waals surface area contributed by atoms with Crippen LogP contribution < -0.4 is 5.73 Å². The van der Waals surface area contributed by atoms with Gasteiger partial charge in [0, 0.05) is 0 Å². The molecule has 2 nitrogen and oxygen atoms in total. The maximum atomic E-state index is 9.53. The first-order valence-corrected chi connectivity index (χ1v) is 7.99. The van der Waals surface area contributed by atoms with Crippen LogP contribution in [-0.2, 0) is 0 Å². The van der Waals surface area contributed by atoms with Gasteiger partial charge in [-0.1, -0.05) is 53.5 Å². The van der Waals surface area contributed by atoms with Crippen LogP contribution in [-0.4, -0.2) is 5.11 Å². The Bertz CT molecular complexity index is 356. The van der Waals surface area contributed by atoms with E-state index in [-0.39, 0.29) is 5.75 Å². The van der Waals surface area contributed by atoms with E-state index in [1.54, 1.807) is 0 Å². The van der Waals surface area contributed by atoms with Gasteiger partial charge in [-0.25, -0.2) is 0 Å². The molecule has 0 atom stereocenters. The lowest BCUT2D eigenvalue weighted by Crippen LogP contribution is -1.98. The Labute approximate surface area is 125 Å². The molecule has 0 radical (unpaired) electrons. The molecule has 0 aliphatic rings. The van der Waals surface area contributed by atoms with Crippen molar-refractivity contribution in [1.82, 2.24) is 0 Å². The zero-order valence-corrected chi connectivity index (χ0v) is 14.2. The van der Waals surface area contributed by atoms with E-state index in [4.69, 9.17) is 5.73 Å². The van der Waals surface area contributed by atoms with Gasteiger partial charge in [0.2, 0.25) is 0 Å². The first kappa shape index (κ1) is 18.8. The van der Waals surface area contributed by atoms with Gasteiger partial charge < -0.3 is 10.8 Å². The van der Waals surface area contributed by atoms with Crippen molar-refractivity contribution in [2.24, 2.45) is 5.92 Å². The topological polar surface area (TPSA) is 46.2 Å². The highest BCUT2D eigenvalue weighted by Gasteiger charge is 2.10. The molecular formula is C18H33NO. The van der Waals surface area contributed by atoms with Gasteiger partial charge in [0.25, 0.3) is 0 Å². The lowest BCUT2D eigenvalue weighted by Gasteiger charge is -2.15. The van der Waals surface area contributed by atoms with Crippen molar-refractivity contribution < 1.29 is 5.11 Å². The molecule has 116 valence electrons. The molecule has 0 fully saturated rings. The van der Waals surface area contributed by atoms with E-state index in [0.29, 0.717) is 11.6 Å². The molecule has 0 aromatic heterocycles. The van der Waals surface area contributed by atoms with E-state index in [2.05, 4.69) is 34.6 Å². The number of aromatic hydroxyl groups is 1. The Kier molecular flexibility index (Phi) is 9.11. The summed E-state index contributed by atoms with van der Waals surface area (Å²) in [4.78, 5) is 0. The van der Waals surface area contributed by atoms with Crippen LogP contribution >= 0.6 is 0 Å². The fraction of sp³-hybridized carbons (Fsp3) is 0.667. The number of hydrogen-bond acceptors (Lipinski definition) is 2. The Balaban J connectivity index is 0.000000511. The van der Waals surface area contributed by atoms with E-state index in [0.717, 1.165) is 24.3 Å². The molecule has 0 saturated heterocycles. The van der Waals surface area contributed by atoms with Crippen molar-refractivity contribution in [3.8, 4) is 5.75 Å². The summed E-state index contributed by atoms with van der Waals surface area (Å²) in [6.07, 6.45) is 4.88. The Morgan fingerprint density at radius 1 is 1.00 bits per heavy atom. The van der Waals surface area contributed by atoms with E-state index in [9.17, 15) is 5.11 Å². The standard InChI is InChI=1S/C12H19NO.C6H14/c1-4-9(5-2)10-6-8(3)12(14)11(13)7-10;1-4-6(3)5-2/h6-7,9,14H,4-5,13H2,1-3H3;6H,4-5H2,1-3H3. The van der Waals surface area contributed by atoms with Crippen molar-refractivity contribution in [1.29, 1.82) is 0 Å². The molecule has 0 aliphatic heterocycles. The average molecular weight is 279 g/mol. The van der Waals surface area contributed by atoms with Crippen LogP contribution in [0.5, 0.6) is 5.75 Å². The highest BCUT2D eigenvalue weighted by Crippen LogP contribution is 2.31. The fourth-order valence-electron chi connectivity index (χ4n) is 2.12. The average Bonchev–Trinajstić information content (AvgIpc) is 2.45. The molecule has 20 heavy (non-hydrogen) atoms. The summed E-state index contributed by atoms with van der Waals surface area (Å²) in [5.74, 6) is 1.71. The third kappa shape index (κ3) is 5.85. The number of anilines is 1. The van der Waals surface area contributed by atoms with Crippen LogP contribution in [0.15, 0.2) is 12.1 Å². The minimum absolute atomic E-state index is 0.222. The van der Waals surface area contributed by atoms with Gasteiger partial charge in [0.15, 0.2) is 0 Å². The van der Waals surface area contributed by atoms with Crippen LogP contribution in [0.4, 0.5) is 5.69 Å². The number of phenols is 1. The summed E-state index contributed by atoms with van der Waals surface area (Å²) in [5, 5.41) is 9.53. The van der Waals surface area contributed by atoms with E-state index < -0.39 is 0 Å². The molecule has 0 bridgehead atoms. The van der Waals surface area contributed by atoms with Crippen molar-refractivity contribution in [2.75, 3.05) is 5.73 Å².